The van der Waals surface area contributed by atoms with Crippen molar-refractivity contribution in [2.45, 2.75) is 0 Å². The summed E-state index contributed by atoms with van der Waals surface area (Å²) in [5.74, 6) is -0.225. The lowest BCUT2D eigenvalue weighted by atomic mass is 10.2. The first-order valence-electron chi connectivity index (χ1n) is 4.94. The highest BCUT2D eigenvalue weighted by Crippen LogP contribution is 2.29. The summed E-state index contributed by atoms with van der Waals surface area (Å²) < 4.78 is 14.2. The van der Waals surface area contributed by atoms with E-state index in [1.807, 2.05) is 30.3 Å². The maximum atomic E-state index is 13.1. The topological polar surface area (TPSA) is 12.9 Å². The van der Waals surface area contributed by atoms with E-state index in [0.29, 0.717) is 0 Å². The molecule has 0 atom stereocenters. The Morgan fingerprint density at radius 3 is 2.69 bits per heavy atom. The van der Waals surface area contributed by atoms with E-state index in [0.717, 1.165) is 20.8 Å². The summed E-state index contributed by atoms with van der Waals surface area (Å²) in [6.07, 6.45) is 0. The fraction of sp³-hybridized carbons (Fsp3) is 0. The van der Waals surface area contributed by atoms with Crippen molar-refractivity contribution in [1.29, 1.82) is 0 Å². The number of aromatic nitrogens is 1. The lowest BCUT2D eigenvalue weighted by Gasteiger charge is -1.94. The molecule has 1 aromatic heterocycles. The predicted molar refractivity (Wildman–Crippen MR) is 65.0 cm³/mol. The lowest BCUT2D eigenvalue weighted by molar-refractivity contribution is 0.628. The molecule has 0 saturated heterocycles. The van der Waals surface area contributed by atoms with Gasteiger partial charge in [-0.25, -0.2) is 9.37 Å². The Morgan fingerprint density at radius 1 is 1.00 bits per heavy atom. The fourth-order valence-corrected chi connectivity index (χ4v) is 2.58. The first-order chi connectivity index (χ1) is 7.83. The molecule has 1 nitrogen and oxygen atoms in total. The molecule has 3 rings (SSSR count). The zero-order chi connectivity index (χ0) is 11.0. The van der Waals surface area contributed by atoms with Crippen molar-refractivity contribution in [2.24, 2.45) is 0 Å². The quantitative estimate of drug-likeness (QED) is 0.612. The number of nitrogens with zero attached hydrogens (tertiary/aromatic N) is 1. The van der Waals surface area contributed by atoms with Crippen molar-refractivity contribution in [3.63, 3.8) is 0 Å². The van der Waals surface area contributed by atoms with E-state index in [2.05, 4.69) is 4.98 Å². The van der Waals surface area contributed by atoms with Gasteiger partial charge in [-0.2, -0.15) is 0 Å². The molecule has 0 saturated carbocycles. The zero-order valence-electron chi connectivity index (χ0n) is 8.35. The van der Waals surface area contributed by atoms with Crippen molar-refractivity contribution >= 4 is 21.6 Å². The number of para-hydroxylation sites is 1. The van der Waals surface area contributed by atoms with Gasteiger partial charge in [0.05, 0.1) is 10.2 Å². The maximum absolute atomic E-state index is 13.1. The third-order valence-corrected chi connectivity index (χ3v) is 3.45. The van der Waals surface area contributed by atoms with Crippen LogP contribution in [0.5, 0.6) is 0 Å². The molecule has 0 radical (unpaired) electrons. The van der Waals surface area contributed by atoms with Gasteiger partial charge in [0.1, 0.15) is 10.8 Å². The minimum atomic E-state index is -0.225. The molecule has 0 unspecified atom stereocenters. The van der Waals surface area contributed by atoms with Gasteiger partial charge in [-0.05, 0) is 24.3 Å². The average molecular weight is 229 g/mol. The SMILES string of the molecule is Fc1cccc(-c2nc3ccccc3s2)c1. The Hall–Kier alpha value is -1.74. The molecule has 0 amide bonds. The van der Waals surface area contributed by atoms with Crippen molar-refractivity contribution in [3.05, 3.63) is 54.3 Å². The van der Waals surface area contributed by atoms with E-state index in [-0.39, 0.29) is 5.82 Å². The third-order valence-electron chi connectivity index (χ3n) is 2.37. The monoisotopic (exact) mass is 229 g/mol. The summed E-state index contributed by atoms with van der Waals surface area (Å²) in [5.41, 5.74) is 1.80. The maximum Gasteiger partial charge on any atom is 0.124 e. The summed E-state index contributed by atoms with van der Waals surface area (Å²) >= 11 is 1.58. The normalized spacial score (nSPS) is 10.8. The molecule has 3 aromatic rings. The third kappa shape index (κ3) is 1.59. The molecule has 2 aromatic carbocycles. The number of hydrogen-bond acceptors (Lipinski definition) is 2. The van der Waals surface area contributed by atoms with E-state index in [9.17, 15) is 4.39 Å². The van der Waals surface area contributed by atoms with Gasteiger partial charge in [0, 0.05) is 5.56 Å². The number of rotatable bonds is 1. The minimum absolute atomic E-state index is 0.225. The second-order valence-corrected chi connectivity index (χ2v) is 4.53. The molecule has 78 valence electrons. The van der Waals surface area contributed by atoms with Gasteiger partial charge < -0.3 is 0 Å². The van der Waals surface area contributed by atoms with Gasteiger partial charge in [0.2, 0.25) is 0 Å². The van der Waals surface area contributed by atoms with Gasteiger partial charge in [-0.3, -0.25) is 0 Å². The van der Waals surface area contributed by atoms with E-state index in [1.165, 1.54) is 12.1 Å². The van der Waals surface area contributed by atoms with Crippen LogP contribution in [0.25, 0.3) is 20.8 Å². The number of benzene rings is 2. The smallest absolute Gasteiger partial charge is 0.124 e. The largest absolute Gasteiger partial charge is 0.236 e. The van der Waals surface area contributed by atoms with Gasteiger partial charge in [-0.15, -0.1) is 11.3 Å². The van der Waals surface area contributed by atoms with Crippen molar-refractivity contribution < 1.29 is 4.39 Å². The van der Waals surface area contributed by atoms with E-state index in [4.69, 9.17) is 0 Å². The van der Waals surface area contributed by atoms with Crippen LogP contribution in [-0.2, 0) is 0 Å². The zero-order valence-corrected chi connectivity index (χ0v) is 9.17. The number of thiazole rings is 1. The highest BCUT2D eigenvalue weighted by atomic mass is 32.1. The second kappa shape index (κ2) is 3.68. The van der Waals surface area contributed by atoms with Crippen LogP contribution in [0.4, 0.5) is 4.39 Å². The molecule has 0 aliphatic heterocycles. The molecule has 0 aliphatic carbocycles. The van der Waals surface area contributed by atoms with Crippen LogP contribution in [0.15, 0.2) is 48.5 Å². The van der Waals surface area contributed by atoms with Crippen LogP contribution in [0.2, 0.25) is 0 Å². The molecule has 3 heteroatoms. The Balaban J connectivity index is 2.19. The van der Waals surface area contributed by atoms with Crippen molar-refractivity contribution in [1.82, 2.24) is 4.98 Å². The first kappa shape index (κ1) is 9.48. The molecule has 0 spiro atoms. The molecular formula is C13H8FNS. The van der Waals surface area contributed by atoms with Crippen molar-refractivity contribution in [2.75, 3.05) is 0 Å². The van der Waals surface area contributed by atoms with Crippen molar-refractivity contribution in [3.8, 4) is 10.6 Å². The van der Waals surface area contributed by atoms with E-state index < -0.39 is 0 Å². The molecule has 1 heterocycles. The highest BCUT2D eigenvalue weighted by Gasteiger charge is 2.05. The molecule has 0 fully saturated rings. The van der Waals surface area contributed by atoms with E-state index >= 15 is 0 Å². The number of hydrogen-bond donors (Lipinski definition) is 0. The average Bonchev–Trinajstić information content (AvgIpc) is 2.72. The van der Waals surface area contributed by atoms with Crippen LogP contribution in [-0.4, -0.2) is 4.98 Å². The first-order valence-corrected chi connectivity index (χ1v) is 5.76. The van der Waals surface area contributed by atoms with Gasteiger partial charge in [-0.1, -0.05) is 24.3 Å². The Morgan fingerprint density at radius 2 is 1.88 bits per heavy atom. The standard InChI is InChI=1S/C13H8FNS/c14-10-5-3-4-9(8-10)13-15-11-6-1-2-7-12(11)16-13/h1-8H. The summed E-state index contributed by atoms with van der Waals surface area (Å²) in [4.78, 5) is 4.48. The summed E-state index contributed by atoms with van der Waals surface area (Å²) in [6.45, 7) is 0. The molecule has 16 heavy (non-hydrogen) atoms. The Labute approximate surface area is 96.2 Å². The fourth-order valence-electron chi connectivity index (χ4n) is 1.62. The Kier molecular flexibility index (Phi) is 2.18. The summed E-state index contributed by atoms with van der Waals surface area (Å²) in [6, 6.07) is 14.5. The molecular weight excluding hydrogens is 221 g/mol. The predicted octanol–water partition coefficient (Wildman–Crippen LogP) is 4.10. The number of halogens is 1. The summed E-state index contributed by atoms with van der Waals surface area (Å²) in [7, 11) is 0. The lowest BCUT2D eigenvalue weighted by Crippen LogP contribution is -1.77. The van der Waals surface area contributed by atoms with Crippen LogP contribution < -0.4 is 0 Å². The highest BCUT2D eigenvalue weighted by molar-refractivity contribution is 7.21. The van der Waals surface area contributed by atoms with Crippen LogP contribution in [0.1, 0.15) is 0 Å². The van der Waals surface area contributed by atoms with E-state index in [1.54, 1.807) is 17.4 Å². The van der Waals surface area contributed by atoms with Gasteiger partial charge in [0.15, 0.2) is 0 Å². The van der Waals surface area contributed by atoms with Crippen LogP contribution >= 0.6 is 11.3 Å². The van der Waals surface area contributed by atoms with Crippen LogP contribution in [0, 0.1) is 5.82 Å². The molecule has 0 aliphatic rings. The second-order valence-electron chi connectivity index (χ2n) is 3.50. The van der Waals surface area contributed by atoms with Gasteiger partial charge >= 0.3 is 0 Å². The Bertz CT molecular complexity index is 612. The summed E-state index contributed by atoms with van der Waals surface area (Å²) in [5, 5.41) is 0.862. The van der Waals surface area contributed by atoms with Crippen LogP contribution in [0.3, 0.4) is 0 Å². The van der Waals surface area contributed by atoms with Gasteiger partial charge in [0.25, 0.3) is 0 Å². The molecule has 0 bridgehead atoms. The molecule has 0 N–H and O–H groups in total. The number of fused-ring (bicyclic) bond motifs is 1. The minimum Gasteiger partial charge on any atom is -0.236 e.